The molecule has 0 amide bonds. The van der Waals surface area contributed by atoms with Crippen molar-refractivity contribution in [1.82, 2.24) is 10.3 Å². The number of nitrogens with one attached hydrogen (secondary N) is 1. The van der Waals surface area contributed by atoms with Crippen molar-refractivity contribution in [2.45, 2.75) is 25.3 Å². The molecule has 1 aliphatic carbocycles. The first-order chi connectivity index (χ1) is 8.38. The fourth-order valence-electron chi connectivity index (χ4n) is 3.04. The Balaban J connectivity index is 1.96. The fourth-order valence-corrected chi connectivity index (χ4v) is 3.04. The zero-order valence-corrected chi connectivity index (χ0v) is 10.0. The summed E-state index contributed by atoms with van der Waals surface area (Å²) in [6, 6.07) is 2.74. The van der Waals surface area contributed by atoms with E-state index < -0.39 is 0 Å². The van der Waals surface area contributed by atoms with Crippen LogP contribution >= 0.6 is 0 Å². The standard InChI is InChI=1S/C15H18N2/c1-2-11-8-13(10-16-9-11)14-5-3-4-12-6-7-17-15(12)14/h2,5,8-10,12,15,17H,1,3-4,6-7H2. The normalized spacial score (nSPS) is 27.4. The molecule has 0 saturated carbocycles. The van der Waals surface area contributed by atoms with E-state index >= 15 is 0 Å². The smallest absolute Gasteiger partial charge is 0.0352 e. The second-order valence-corrected chi connectivity index (χ2v) is 4.93. The van der Waals surface area contributed by atoms with E-state index in [1.165, 1.54) is 30.4 Å². The highest BCUT2D eigenvalue weighted by Crippen LogP contribution is 2.35. The molecule has 2 nitrogen and oxygen atoms in total. The topological polar surface area (TPSA) is 24.9 Å². The summed E-state index contributed by atoms with van der Waals surface area (Å²) in [5.74, 6) is 0.822. The largest absolute Gasteiger partial charge is 0.310 e. The molecule has 2 atom stereocenters. The molecule has 2 aliphatic rings. The lowest BCUT2D eigenvalue weighted by Gasteiger charge is -2.27. The van der Waals surface area contributed by atoms with Gasteiger partial charge >= 0.3 is 0 Å². The molecule has 1 aromatic rings. The van der Waals surface area contributed by atoms with Crippen molar-refractivity contribution >= 4 is 11.6 Å². The fraction of sp³-hybridized carbons (Fsp3) is 0.400. The Morgan fingerprint density at radius 1 is 1.35 bits per heavy atom. The van der Waals surface area contributed by atoms with Crippen molar-refractivity contribution in [3.05, 3.63) is 42.2 Å². The van der Waals surface area contributed by atoms with Crippen LogP contribution in [0.4, 0.5) is 0 Å². The number of hydrogen-bond acceptors (Lipinski definition) is 2. The minimum Gasteiger partial charge on any atom is -0.310 e. The van der Waals surface area contributed by atoms with Gasteiger partial charge in [0.1, 0.15) is 0 Å². The van der Waals surface area contributed by atoms with Gasteiger partial charge in [0.15, 0.2) is 0 Å². The monoisotopic (exact) mass is 226 g/mol. The predicted octanol–water partition coefficient (Wildman–Crippen LogP) is 2.88. The average Bonchev–Trinajstić information content (AvgIpc) is 2.87. The molecular formula is C15H18N2. The average molecular weight is 226 g/mol. The zero-order chi connectivity index (χ0) is 11.7. The van der Waals surface area contributed by atoms with Crippen LogP contribution in [0, 0.1) is 5.92 Å². The van der Waals surface area contributed by atoms with Crippen molar-refractivity contribution in [2.24, 2.45) is 5.92 Å². The molecule has 1 saturated heterocycles. The number of pyridine rings is 1. The molecule has 2 heteroatoms. The van der Waals surface area contributed by atoms with Crippen LogP contribution in [0.5, 0.6) is 0 Å². The van der Waals surface area contributed by atoms with Crippen LogP contribution in [-0.4, -0.2) is 17.6 Å². The van der Waals surface area contributed by atoms with Gasteiger partial charge in [-0.25, -0.2) is 0 Å². The maximum absolute atomic E-state index is 4.30. The molecule has 1 aliphatic heterocycles. The van der Waals surface area contributed by atoms with E-state index in [9.17, 15) is 0 Å². The quantitative estimate of drug-likeness (QED) is 0.838. The maximum Gasteiger partial charge on any atom is 0.0352 e. The number of allylic oxidation sites excluding steroid dienone is 1. The molecule has 0 bridgehead atoms. The summed E-state index contributed by atoms with van der Waals surface area (Å²) < 4.78 is 0. The van der Waals surface area contributed by atoms with Gasteiger partial charge in [-0.1, -0.05) is 18.7 Å². The summed E-state index contributed by atoms with van der Waals surface area (Å²) in [4.78, 5) is 4.30. The number of rotatable bonds is 2. The SMILES string of the molecule is C=Cc1cncc(C2=CCCC3CCNC23)c1. The Kier molecular flexibility index (Phi) is 2.81. The molecule has 88 valence electrons. The van der Waals surface area contributed by atoms with Crippen molar-refractivity contribution < 1.29 is 0 Å². The third-order valence-electron chi connectivity index (χ3n) is 3.92. The first kappa shape index (κ1) is 10.7. The summed E-state index contributed by atoms with van der Waals surface area (Å²) in [6.45, 7) is 4.96. The van der Waals surface area contributed by atoms with E-state index in [0.717, 1.165) is 18.0 Å². The number of nitrogens with zero attached hydrogens (tertiary/aromatic N) is 1. The second kappa shape index (κ2) is 4.46. The van der Waals surface area contributed by atoms with E-state index in [4.69, 9.17) is 0 Å². The number of hydrogen-bond donors (Lipinski definition) is 1. The molecule has 1 aromatic heterocycles. The van der Waals surface area contributed by atoms with E-state index in [-0.39, 0.29) is 0 Å². The lowest BCUT2D eigenvalue weighted by molar-refractivity contribution is 0.470. The van der Waals surface area contributed by atoms with Gasteiger partial charge < -0.3 is 5.32 Å². The van der Waals surface area contributed by atoms with Crippen LogP contribution in [-0.2, 0) is 0 Å². The lowest BCUT2D eigenvalue weighted by atomic mass is 9.82. The van der Waals surface area contributed by atoms with E-state index in [1.54, 1.807) is 0 Å². The zero-order valence-electron chi connectivity index (χ0n) is 10.0. The molecular weight excluding hydrogens is 208 g/mol. The minimum atomic E-state index is 0.547. The summed E-state index contributed by atoms with van der Waals surface area (Å²) in [7, 11) is 0. The van der Waals surface area contributed by atoms with Gasteiger partial charge in [-0.15, -0.1) is 0 Å². The van der Waals surface area contributed by atoms with Crippen LogP contribution in [0.15, 0.2) is 31.1 Å². The van der Waals surface area contributed by atoms with Gasteiger partial charge in [0.2, 0.25) is 0 Å². The van der Waals surface area contributed by atoms with Crippen molar-refractivity contribution in [1.29, 1.82) is 0 Å². The van der Waals surface area contributed by atoms with Gasteiger partial charge in [-0.05, 0) is 54.5 Å². The highest BCUT2D eigenvalue weighted by atomic mass is 15.0. The van der Waals surface area contributed by atoms with Gasteiger partial charge in [0, 0.05) is 18.4 Å². The Bertz CT molecular complexity index is 462. The third-order valence-corrected chi connectivity index (χ3v) is 3.92. The van der Waals surface area contributed by atoms with Gasteiger partial charge in [-0.3, -0.25) is 4.98 Å². The Morgan fingerprint density at radius 3 is 3.18 bits per heavy atom. The first-order valence-electron chi connectivity index (χ1n) is 6.40. The van der Waals surface area contributed by atoms with Gasteiger partial charge in [-0.2, -0.15) is 0 Å². The van der Waals surface area contributed by atoms with E-state index in [2.05, 4.69) is 29.0 Å². The highest BCUT2D eigenvalue weighted by molar-refractivity contribution is 5.72. The highest BCUT2D eigenvalue weighted by Gasteiger charge is 2.32. The van der Waals surface area contributed by atoms with Crippen molar-refractivity contribution in [2.75, 3.05) is 6.54 Å². The molecule has 17 heavy (non-hydrogen) atoms. The van der Waals surface area contributed by atoms with E-state index in [0.29, 0.717) is 6.04 Å². The molecule has 0 radical (unpaired) electrons. The summed E-state index contributed by atoms with van der Waals surface area (Å²) in [5.41, 5.74) is 3.80. The van der Waals surface area contributed by atoms with Crippen LogP contribution in [0.25, 0.3) is 11.6 Å². The van der Waals surface area contributed by atoms with Gasteiger partial charge in [0.25, 0.3) is 0 Å². The van der Waals surface area contributed by atoms with E-state index in [1.807, 2.05) is 18.5 Å². The van der Waals surface area contributed by atoms with Crippen molar-refractivity contribution in [3.8, 4) is 0 Å². The lowest BCUT2D eigenvalue weighted by Crippen LogP contribution is -2.30. The molecule has 1 fully saturated rings. The van der Waals surface area contributed by atoms with Crippen LogP contribution in [0.3, 0.4) is 0 Å². The maximum atomic E-state index is 4.30. The second-order valence-electron chi connectivity index (χ2n) is 4.93. The van der Waals surface area contributed by atoms with Crippen LogP contribution < -0.4 is 5.32 Å². The molecule has 2 unspecified atom stereocenters. The minimum absolute atomic E-state index is 0.547. The molecule has 1 N–H and O–H groups in total. The van der Waals surface area contributed by atoms with Crippen LogP contribution in [0.1, 0.15) is 30.4 Å². The number of fused-ring (bicyclic) bond motifs is 1. The Hall–Kier alpha value is -1.41. The summed E-state index contributed by atoms with van der Waals surface area (Å²) in [6.07, 6.45) is 11.9. The van der Waals surface area contributed by atoms with Crippen molar-refractivity contribution in [3.63, 3.8) is 0 Å². The third kappa shape index (κ3) is 1.93. The molecule has 0 spiro atoms. The Labute approximate surface area is 102 Å². The summed E-state index contributed by atoms with van der Waals surface area (Å²) >= 11 is 0. The molecule has 2 heterocycles. The summed E-state index contributed by atoms with van der Waals surface area (Å²) in [5, 5.41) is 3.62. The number of aromatic nitrogens is 1. The molecule has 0 aromatic carbocycles. The predicted molar refractivity (Wildman–Crippen MR) is 71.4 cm³/mol. The Morgan fingerprint density at radius 2 is 2.29 bits per heavy atom. The first-order valence-corrected chi connectivity index (χ1v) is 6.40. The molecule has 3 rings (SSSR count). The van der Waals surface area contributed by atoms with Gasteiger partial charge in [0.05, 0.1) is 0 Å². The van der Waals surface area contributed by atoms with Crippen LogP contribution in [0.2, 0.25) is 0 Å².